The average Bonchev–Trinajstić information content (AvgIpc) is 2.42. The van der Waals surface area contributed by atoms with Crippen molar-refractivity contribution in [1.82, 2.24) is 4.90 Å². The summed E-state index contributed by atoms with van der Waals surface area (Å²) in [5, 5.41) is 9.49. The zero-order valence-corrected chi connectivity index (χ0v) is 12.1. The summed E-state index contributed by atoms with van der Waals surface area (Å²) in [6.07, 6.45) is 5.84. The van der Waals surface area contributed by atoms with E-state index in [2.05, 4.69) is 11.8 Å². The average molecular weight is 269 g/mol. The van der Waals surface area contributed by atoms with Crippen LogP contribution in [-0.2, 0) is 9.53 Å². The fraction of sp³-hybridized carbons (Fsp3) is 0.933. The Balaban J connectivity index is 1.81. The van der Waals surface area contributed by atoms with Gasteiger partial charge < -0.3 is 14.7 Å². The summed E-state index contributed by atoms with van der Waals surface area (Å²) in [5.41, 5.74) is -0.450. The molecule has 0 radical (unpaired) electrons. The number of nitrogens with zero attached hydrogens (tertiary/aromatic N) is 1. The Morgan fingerprint density at radius 3 is 2.68 bits per heavy atom. The Kier molecular flexibility index (Phi) is 5.22. The first kappa shape index (κ1) is 14.8. The Bertz CT molecular complexity index is 292. The number of hydrogen-bond donors (Lipinski definition) is 1. The van der Waals surface area contributed by atoms with E-state index in [4.69, 9.17) is 4.74 Å². The number of likely N-dealkylation sites (tertiary alicyclic amines) is 1. The molecule has 2 heterocycles. The highest BCUT2D eigenvalue weighted by atomic mass is 16.5. The highest BCUT2D eigenvalue weighted by molar-refractivity contribution is 5.74. The van der Waals surface area contributed by atoms with Gasteiger partial charge in [-0.1, -0.05) is 13.3 Å². The largest absolute Gasteiger partial charge is 0.481 e. The van der Waals surface area contributed by atoms with Gasteiger partial charge in [-0.25, -0.2) is 0 Å². The summed E-state index contributed by atoms with van der Waals surface area (Å²) in [6.45, 7) is 6.83. The van der Waals surface area contributed by atoms with Crippen molar-refractivity contribution >= 4 is 5.97 Å². The lowest BCUT2D eigenvalue weighted by Crippen LogP contribution is -2.46. The number of piperidine rings is 1. The topological polar surface area (TPSA) is 49.8 Å². The van der Waals surface area contributed by atoms with Gasteiger partial charge in [-0.3, -0.25) is 4.79 Å². The molecule has 110 valence electrons. The van der Waals surface area contributed by atoms with Gasteiger partial charge in [0.25, 0.3) is 0 Å². The predicted molar refractivity (Wildman–Crippen MR) is 74.2 cm³/mol. The van der Waals surface area contributed by atoms with Crippen molar-refractivity contribution in [2.45, 2.75) is 45.4 Å². The molecule has 2 aliphatic heterocycles. The van der Waals surface area contributed by atoms with Crippen LogP contribution in [0, 0.1) is 11.3 Å². The van der Waals surface area contributed by atoms with Crippen molar-refractivity contribution < 1.29 is 14.6 Å². The highest BCUT2D eigenvalue weighted by Crippen LogP contribution is 2.36. The zero-order valence-electron chi connectivity index (χ0n) is 12.1. The van der Waals surface area contributed by atoms with Crippen molar-refractivity contribution in [2.75, 3.05) is 32.8 Å². The molecule has 0 amide bonds. The molecule has 0 aliphatic carbocycles. The Morgan fingerprint density at radius 1 is 1.42 bits per heavy atom. The second kappa shape index (κ2) is 6.71. The molecule has 1 unspecified atom stereocenters. The molecule has 2 saturated heterocycles. The van der Waals surface area contributed by atoms with Crippen LogP contribution in [0.2, 0.25) is 0 Å². The summed E-state index contributed by atoms with van der Waals surface area (Å²) in [7, 11) is 0. The van der Waals surface area contributed by atoms with Gasteiger partial charge in [0.2, 0.25) is 0 Å². The molecule has 4 heteroatoms. The van der Waals surface area contributed by atoms with E-state index in [0.29, 0.717) is 5.92 Å². The van der Waals surface area contributed by atoms with Crippen LogP contribution < -0.4 is 0 Å². The van der Waals surface area contributed by atoms with Crippen molar-refractivity contribution in [3.8, 4) is 0 Å². The molecule has 0 bridgehead atoms. The molecule has 2 fully saturated rings. The van der Waals surface area contributed by atoms with Crippen LogP contribution >= 0.6 is 0 Å². The van der Waals surface area contributed by atoms with E-state index < -0.39 is 11.4 Å². The maximum absolute atomic E-state index is 11.5. The molecule has 1 atom stereocenters. The maximum atomic E-state index is 11.5. The van der Waals surface area contributed by atoms with Crippen molar-refractivity contribution in [2.24, 2.45) is 11.3 Å². The molecular formula is C15H27NO3. The molecule has 19 heavy (non-hydrogen) atoms. The van der Waals surface area contributed by atoms with E-state index in [1.807, 2.05) is 0 Å². The standard InChI is InChI=1S/C15H27NO3/c1-2-5-15(14(17)18)6-8-16(9-7-15)11-13-4-3-10-19-12-13/h13H,2-12H2,1H3,(H,17,18). The quantitative estimate of drug-likeness (QED) is 0.832. The summed E-state index contributed by atoms with van der Waals surface area (Å²) in [5.74, 6) is 0.0623. The smallest absolute Gasteiger partial charge is 0.309 e. The second-order valence-corrected chi connectivity index (χ2v) is 6.22. The fourth-order valence-corrected chi connectivity index (χ4v) is 3.53. The molecule has 4 nitrogen and oxygen atoms in total. The Morgan fingerprint density at radius 2 is 2.16 bits per heavy atom. The summed E-state index contributed by atoms with van der Waals surface area (Å²) < 4.78 is 5.52. The van der Waals surface area contributed by atoms with Crippen LogP contribution in [0.3, 0.4) is 0 Å². The Hall–Kier alpha value is -0.610. The number of ether oxygens (including phenoxy) is 1. The predicted octanol–water partition coefficient (Wildman–Crippen LogP) is 2.38. The molecule has 0 saturated carbocycles. The second-order valence-electron chi connectivity index (χ2n) is 6.22. The molecule has 2 rings (SSSR count). The number of hydrogen-bond acceptors (Lipinski definition) is 3. The first-order valence-corrected chi connectivity index (χ1v) is 7.70. The van der Waals surface area contributed by atoms with Crippen molar-refractivity contribution in [3.05, 3.63) is 0 Å². The lowest BCUT2D eigenvalue weighted by molar-refractivity contribution is -0.152. The number of carbonyl (C=O) groups is 1. The van der Waals surface area contributed by atoms with Crippen LogP contribution in [0.15, 0.2) is 0 Å². The summed E-state index contributed by atoms with van der Waals surface area (Å²) in [6, 6.07) is 0. The van der Waals surface area contributed by atoms with E-state index in [0.717, 1.165) is 58.5 Å². The third-order valence-electron chi connectivity index (χ3n) is 4.77. The van der Waals surface area contributed by atoms with Gasteiger partial charge in [0, 0.05) is 13.2 Å². The lowest BCUT2D eigenvalue weighted by Gasteiger charge is -2.40. The maximum Gasteiger partial charge on any atom is 0.309 e. The van der Waals surface area contributed by atoms with E-state index in [1.54, 1.807) is 0 Å². The number of rotatable bonds is 5. The van der Waals surface area contributed by atoms with Crippen LogP contribution in [0.1, 0.15) is 45.4 Å². The van der Waals surface area contributed by atoms with Gasteiger partial charge in [0.1, 0.15) is 0 Å². The molecule has 0 aromatic carbocycles. The monoisotopic (exact) mass is 269 g/mol. The van der Waals surface area contributed by atoms with Crippen LogP contribution in [0.5, 0.6) is 0 Å². The van der Waals surface area contributed by atoms with E-state index >= 15 is 0 Å². The number of aliphatic carboxylic acids is 1. The Labute approximate surface area is 116 Å². The number of carboxylic acids is 1. The van der Waals surface area contributed by atoms with Gasteiger partial charge in [0.15, 0.2) is 0 Å². The molecule has 0 aromatic heterocycles. The first-order valence-electron chi connectivity index (χ1n) is 7.70. The van der Waals surface area contributed by atoms with Crippen LogP contribution in [-0.4, -0.2) is 48.8 Å². The van der Waals surface area contributed by atoms with Crippen molar-refractivity contribution in [1.29, 1.82) is 0 Å². The summed E-state index contributed by atoms with van der Waals surface area (Å²) >= 11 is 0. The van der Waals surface area contributed by atoms with Gasteiger partial charge in [0.05, 0.1) is 12.0 Å². The van der Waals surface area contributed by atoms with Crippen molar-refractivity contribution in [3.63, 3.8) is 0 Å². The highest BCUT2D eigenvalue weighted by Gasteiger charge is 2.40. The third kappa shape index (κ3) is 3.69. The molecule has 0 aromatic rings. The fourth-order valence-electron chi connectivity index (χ4n) is 3.53. The summed E-state index contributed by atoms with van der Waals surface area (Å²) in [4.78, 5) is 14.0. The normalized spacial score (nSPS) is 28.2. The van der Waals surface area contributed by atoms with Crippen LogP contribution in [0.4, 0.5) is 0 Å². The zero-order chi connectivity index (χ0) is 13.7. The van der Waals surface area contributed by atoms with Gasteiger partial charge in [-0.2, -0.15) is 0 Å². The van der Waals surface area contributed by atoms with E-state index in [9.17, 15) is 9.90 Å². The minimum Gasteiger partial charge on any atom is -0.481 e. The third-order valence-corrected chi connectivity index (χ3v) is 4.77. The minimum absolute atomic E-state index is 0.450. The van der Waals surface area contributed by atoms with E-state index in [1.165, 1.54) is 12.8 Å². The van der Waals surface area contributed by atoms with Gasteiger partial charge in [-0.15, -0.1) is 0 Å². The van der Waals surface area contributed by atoms with Crippen LogP contribution in [0.25, 0.3) is 0 Å². The van der Waals surface area contributed by atoms with E-state index in [-0.39, 0.29) is 0 Å². The molecular weight excluding hydrogens is 242 g/mol. The van der Waals surface area contributed by atoms with Gasteiger partial charge in [-0.05, 0) is 51.1 Å². The first-order chi connectivity index (χ1) is 9.16. The molecule has 2 aliphatic rings. The SMILES string of the molecule is CCCC1(C(=O)O)CCN(CC2CCCOC2)CC1. The lowest BCUT2D eigenvalue weighted by atomic mass is 9.75. The minimum atomic E-state index is -0.588. The number of carboxylic acid groups (broad SMARTS) is 1. The molecule has 0 spiro atoms. The molecule has 1 N–H and O–H groups in total. The van der Waals surface area contributed by atoms with Gasteiger partial charge >= 0.3 is 5.97 Å².